The third kappa shape index (κ3) is 4.35. The zero-order valence-electron chi connectivity index (χ0n) is 12.8. The molecule has 2 N–H and O–H groups in total. The average Bonchev–Trinajstić information content (AvgIpc) is 2.56. The minimum Gasteiger partial charge on any atom is -0.368 e. The Labute approximate surface area is 150 Å². The number of aromatic nitrogens is 1. The predicted molar refractivity (Wildman–Crippen MR) is 95.9 cm³/mol. The van der Waals surface area contributed by atoms with Gasteiger partial charge >= 0.3 is 0 Å². The number of carbonyl (C=O) groups is 1. The topological polar surface area (TPSA) is 57.3 Å². The van der Waals surface area contributed by atoms with Crippen LogP contribution in [0.3, 0.4) is 0 Å². The fourth-order valence-electron chi connectivity index (χ4n) is 2.43. The van der Waals surface area contributed by atoms with Crippen LogP contribution >= 0.6 is 24.0 Å². The molecule has 0 atom stereocenters. The molecular formula is C16H17Cl2FN4O. The van der Waals surface area contributed by atoms with E-state index in [4.69, 9.17) is 11.6 Å². The number of hydrogen-bond acceptors (Lipinski definition) is 4. The summed E-state index contributed by atoms with van der Waals surface area (Å²) in [7, 11) is 0. The summed E-state index contributed by atoms with van der Waals surface area (Å²) in [4.78, 5) is 18.5. The third-order valence-corrected chi connectivity index (χ3v) is 3.88. The molecule has 1 aliphatic heterocycles. The lowest BCUT2D eigenvalue weighted by molar-refractivity contribution is 0.102. The van der Waals surface area contributed by atoms with Gasteiger partial charge in [0.25, 0.3) is 5.91 Å². The smallest absolute Gasteiger partial charge is 0.259 e. The summed E-state index contributed by atoms with van der Waals surface area (Å²) in [6.07, 6.45) is 1.71. The van der Waals surface area contributed by atoms with Gasteiger partial charge in [0, 0.05) is 31.2 Å². The van der Waals surface area contributed by atoms with E-state index in [0.29, 0.717) is 5.82 Å². The fourth-order valence-corrected chi connectivity index (χ4v) is 2.59. The number of benzene rings is 1. The van der Waals surface area contributed by atoms with Crippen molar-refractivity contribution in [1.82, 2.24) is 10.3 Å². The predicted octanol–water partition coefficient (Wildman–Crippen LogP) is 2.96. The molecule has 1 aromatic heterocycles. The molecule has 0 aliphatic carbocycles. The lowest BCUT2D eigenvalue weighted by atomic mass is 10.2. The molecule has 1 aliphatic rings. The Morgan fingerprint density at radius 2 is 2.00 bits per heavy atom. The molecule has 1 amide bonds. The van der Waals surface area contributed by atoms with E-state index in [-0.39, 0.29) is 23.0 Å². The van der Waals surface area contributed by atoms with Gasteiger partial charge in [-0.05, 0) is 30.3 Å². The zero-order chi connectivity index (χ0) is 16.2. The van der Waals surface area contributed by atoms with E-state index in [1.165, 1.54) is 12.1 Å². The van der Waals surface area contributed by atoms with Crippen molar-refractivity contribution < 1.29 is 9.18 Å². The van der Waals surface area contributed by atoms with Crippen LogP contribution in [0.2, 0.25) is 5.02 Å². The van der Waals surface area contributed by atoms with Crippen molar-refractivity contribution in [2.75, 3.05) is 36.4 Å². The molecule has 0 bridgehead atoms. The Morgan fingerprint density at radius 1 is 1.25 bits per heavy atom. The van der Waals surface area contributed by atoms with Gasteiger partial charge in [-0.2, -0.15) is 0 Å². The van der Waals surface area contributed by atoms with Crippen LogP contribution in [0.15, 0.2) is 36.5 Å². The summed E-state index contributed by atoms with van der Waals surface area (Å²) in [5.41, 5.74) is 0.935. The molecule has 128 valence electrons. The highest BCUT2D eigenvalue weighted by molar-refractivity contribution is 6.30. The first-order chi connectivity index (χ1) is 11.1. The minimum absolute atomic E-state index is 0. The van der Waals surface area contributed by atoms with E-state index >= 15 is 0 Å². The van der Waals surface area contributed by atoms with Gasteiger partial charge in [0.1, 0.15) is 11.6 Å². The Balaban J connectivity index is 0.00000208. The molecule has 0 spiro atoms. The standard InChI is InChI=1S/C16H16ClFN4O.ClH/c17-11-1-3-13(14(18)9-11)16(23)21-15-4-2-12(10-20-15)22-7-5-19-6-8-22;/h1-4,9-10,19H,5-8H2,(H,20,21,23);1H. The number of amides is 1. The quantitative estimate of drug-likeness (QED) is 0.871. The maximum atomic E-state index is 13.7. The summed E-state index contributed by atoms with van der Waals surface area (Å²) in [5.74, 6) is -0.836. The van der Waals surface area contributed by atoms with E-state index in [9.17, 15) is 9.18 Å². The maximum Gasteiger partial charge on any atom is 0.259 e. The van der Waals surface area contributed by atoms with Gasteiger partial charge in [0.05, 0.1) is 17.4 Å². The highest BCUT2D eigenvalue weighted by atomic mass is 35.5. The van der Waals surface area contributed by atoms with Gasteiger partial charge in [-0.25, -0.2) is 9.37 Å². The number of hydrogen-bond donors (Lipinski definition) is 2. The summed E-state index contributed by atoms with van der Waals surface area (Å²) in [5, 5.41) is 6.12. The van der Waals surface area contributed by atoms with Crippen molar-refractivity contribution in [2.45, 2.75) is 0 Å². The Kier molecular flexibility index (Phi) is 6.36. The molecule has 8 heteroatoms. The molecule has 1 fully saturated rings. The molecule has 0 radical (unpaired) electrons. The molecule has 24 heavy (non-hydrogen) atoms. The van der Waals surface area contributed by atoms with Crippen LogP contribution in [0.5, 0.6) is 0 Å². The van der Waals surface area contributed by atoms with Gasteiger partial charge < -0.3 is 15.5 Å². The second kappa shape index (κ2) is 8.28. The van der Waals surface area contributed by atoms with E-state index in [1.807, 2.05) is 6.07 Å². The van der Waals surface area contributed by atoms with Crippen molar-refractivity contribution in [3.05, 3.63) is 52.9 Å². The summed E-state index contributed by atoms with van der Waals surface area (Å²) < 4.78 is 13.7. The number of anilines is 2. The highest BCUT2D eigenvalue weighted by Gasteiger charge is 2.14. The Morgan fingerprint density at radius 3 is 2.62 bits per heavy atom. The highest BCUT2D eigenvalue weighted by Crippen LogP contribution is 2.18. The van der Waals surface area contributed by atoms with Crippen LogP contribution < -0.4 is 15.5 Å². The minimum atomic E-state index is -0.660. The molecular weight excluding hydrogens is 354 g/mol. The van der Waals surface area contributed by atoms with Crippen LogP contribution in [0.25, 0.3) is 0 Å². The van der Waals surface area contributed by atoms with Gasteiger partial charge in [0.2, 0.25) is 0 Å². The van der Waals surface area contributed by atoms with E-state index < -0.39 is 11.7 Å². The lowest BCUT2D eigenvalue weighted by Crippen LogP contribution is -2.43. The van der Waals surface area contributed by atoms with Crippen molar-refractivity contribution in [1.29, 1.82) is 0 Å². The summed E-state index contributed by atoms with van der Waals surface area (Å²) in [6, 6.07) is 7.54. The number of nitrogens with one attached hydrogen (secondary N) is 2. The first-order valence-electron chi connectivity index (χ1n) is 7.31. The van der Waals surface area contributed by atoms with Crippen LogP contribution in [0, 0.1) is 5.82 Å². The molecule has 1 saturated heterocycles. The zero-order valence-corrected chi connectivity index (χ0v) is 14.3. The average molecular weight is 371 g/mol. The van der Waals surface area contributed by atoms with E-state index in [2.05, 4.69) is 20.5 Å². The Bertz CT molecular complexity index is 706. The molecule has 0 unspecified atom stereocenters. The monoisotopic (exact) mass is 370 g/mol. The van der Waals surface area contributed by atoms with Gasteiger partial charge in [0.15, 0.2) is 0 Å². The molecule has 2 heterocycles. The maximum absolute atomic E-state index is 13.7. The molecule has 3 rings (SSSR count). The van der Waals surface area contributed by atoms with Crippen LogP contribution in [0.1, 0.15) is 10.4 Å². The number of nitrogens with zero attached hydrogens (tertiary/aromatic N) is 2. The van der Waals surface area contributed by atoms with Crippen molar-refractivity contribution in [3.8, 4) is 0 Å². The normalized spacial score (nSPS) is 14.0. The van der Waals surface area contributed by atoms with E-state index in [0.717, 1.165) is 37.9 Å². The van der Waals surface area contributed by atoms with Crippen LogP contribution in [-0.2, 0) is 0 Å². The fraction of sp³-hybridized carbons (Fsp3) is 0.250. The number of pyridine rings is 1. The molecule has 2 aromatic rings. The molecule has 0 saturated carbocycles. The lowest BCUT2D eigenvalue weighted by Gasteiger charge is -2.29. The van der Waals surface area contributed by atoms with Crippen molar-refractivity contribution >= 4 is 41.4 Å². The Hall–Kier alpha value is -1.89. The number of halogens is 3. The SMILES string of the molecule is Cl.O=C(Nc1ccc(N2CCNCC2)cn1)c1ccc(Cl)cc1F. The summed E-state index contributed by atoms with van der Waals surface area (Å²) in [6.45, 7) is 3.72. The molecule has 1 aromatic carbocycles. The molecule has 5 nitrogen and oxygen atoms in total. The second-order valence-electron chi connectivity index (χ2n) is 5.22. The summed E-state index contributed by atoms with van der Waals surface area (Å²) >= 11 is 5.68. The van der Waals surface area contributed by atoms with Gasteiger partial charge in [-0.15, -0.1) is 12.4 Å². The number of piperazine rings is 1. The van der Waals surface area contributed by atoms with Crippen LogP contribution in [0.4, 0.5) is 15.9 Å². The van der Waals surface area contributed by atoms with E-state index in [1.54, 1.807) is 12.3 Å². The largest absolute Gasteiger partial charge is 0.368 e. The number of carbonyl (C=O) groups excluding carboxylic acids is 1. The van der Waals surface area contributed by atoms with Crippen LogP contribution in [-0.4, -0.2) is 37.1 Å². The third-order valence-electron chi connectivity index (χ3n) is 3.65. The first kappa shape index (κ1) is 18.4. The number of rotatable bonds is 3. The first-order valence-corrected chi connectivity index (χ1v) is 7.69. The van der Waals surface area contributed by atoms with Crippen molar-refractivity contribution in [2.24, 2.45) is 0 Å². The van der Waals surface area contributed by atoms with Crippen molar-refractivity contribution in [3.63, 3.8) is 0 Å². The van der Waals surface area contributed by atoms with Gasteiger partial charge in [-0.3, -0.25) is 4.79 Å². The van der Waals surface area contributed by atoms with Gasteiger partial charge in [-0.1, -0.05) is 11.6 Å². The second-order valence-corrected chi connectivity index (χ2v) is 5.65.